The number of quaternary nitrogens is 1. The lowest BCUT2D eigenvalue weighted by Crippen LogP contribution is -2.38. The summed E-state index contributed by atoms with van der Waals surface area (Å²) in [6.07, 6.45) is 4.03. The van der Waals surface area contributed by atoms with E-state index >= 15 is 0 Å². The molecule has 72 valence electrons. The van der Waals surface area contributed by atoms with Gasteiger partial charge < -0.3 is 4.48 Å². The second-order valence-corrected chi connectivity index (χ2v) is 6.93. The third-order valence-electron chi connectivity index (χ3n) is 4.28. The monoisotopic (exact) mass is 290 g/mol. The van der Waals surface area contributed by atoms with Gasteiger partial charge in [-0.05, 0) is 44.4 Å². The molecule has 2 aliphatic carbocycles. The molecule has 2 fully saturated rings. The van der Waals surface area contributed by atoms with Crippen LogP contribution in [0.4, 0.5) is 0 Å². The van der Waals surface area contributed by atoms with Crippen molar-refractivity contribution in [1.29, 1.82) is 0 Å². The number of halogens is 1. The van der Waals surface area contributed by atoms with Crippen molar-refractivity contribution in [2.75, 3.05) is 27.2 Å². The lowest BCUT2D eigenvalue weighted by molar-refractivity contribution is -0.881. The molecular formula is C11H17IN+. The molecule has 1 aliphatic heterocycles. The van der Waals surface area contributed by atoms with E-state index in [1.54, 1.807) is 3.58 Å². The number of rotatable bonds is 0. The molecule has 0 amide bonds. The minimum absolute atomic E-state index is 0.946. The maximum atomic E-state index is 2.57. The fourth-order valence-corrected chi connectivity index (χ4v) is 5.02. The average Bonchev–Trinajstić information content (AvgIpc) is 2.56. The van der Waals surface area contributed by atoms with Gasteiger partial charge in [-0.1, -0.05) is 6.08 Å². The van der Waals surface area contributed by atoms with Crippen molar-refractivity contribution in [3.63, 3.8) is 0 Å². The number of fused-ring (bicyclic) bond motifs is 5. The Morgan fingerprint density at radius 2 is 2.00 bits per heavy atom. The summed E-state index contributed by atoms with van der Waals surface area (Å²) in [6, 6.07) is 0. The van der Waals surface area contributed by atoms with E-state index in [9.17, 15) is 0 Å². The minimum Gasteiger partial charge on any atom is -0.328 e. The van der Waals surface area contributed by atoms with E-state index < -0.39 is 0 Å². The SMILES string of the molecule is C[N+]1(C)C[C@@H]2[C@@H](C1)[C@@H]1C[C@H]2C=C1I. The first-order valence-corrected chi connectivity index (χ1v) is 6.34. The van der Waals surface area contributed by atoms with Gasteiger partial charge in [0.05, 0.1) is 27.2 Å². The smallest absolute Gasteiger partial charge is 0.0822 e. The number of nitrogens with zero attached hydrogens (tertiary/aromatic N) is 1. The summed E-state index contributed by atoms with van der Waals surface area (Å²) in [5.74, 6) is 3.95. The van der Waals surface area contributed by atoms with E-state index in [1.807, 2.05) is 0 Å². The third-order valence-corrected chi connectivity index (χ3v) is 5.44. The summed E-state index contributed by atoms with van der Waals surface area (Å²) in [6.45, 7) is 2.85. The van der Waals surface area contributed by atoms with Gasteiger partial charge in [-0.3, -0.25) is 0 Å². The van der Waals surface area contributed by atoms with Crippen molar-refractivity contribution in [2.24, 2.45) is 23.7 Å². The van der Waals surface area contributed by atoms with Gasteiger partial charge in [-0.25, -0.2) is 0 Å². The summed E-state index contributed by atoms with van der Waals surface area (Å²) in [5.41, 5.74) is 0. The molecule has 0 N–H and O–H groups in total. The molecule has 0 aromatic heterocycles. The van der Waals surface area contributed by atoms with E-state index in [0.717, 1.165) is 23.7 Å². The molecule has 1 heterocycles. The van der Waals surface area contributed by atoms with Crippen molar-refractivity contribution in [2.45, 2.75) is 6.42 Å². The molecule has 3 rings (SSSR count). The Balaban J connectivity index is 1.92. The summed E-state index contributed by atoms with van der Waals surface area (Å²) >= 11 is 2.57. The number of hydrogen-bond donors (Lipinski definition) is 0. The Kier molecular flexibility index (Phi) is 1.68. The van der Waals surface area contributed by atoms with Crippen LogP contribution in [0.25, 0.3) is 0 Å². The average molecular weight is 290 g/mol. The Morgan fingerprint density at radius 3 is 2.77 bits per heavy atom. The van der Waals surface area contributed by atoms with Crippen LogP contribution >= 0.6 is 22.6 Å². The van der Waals surface area contributed by atoms with Crippen LogP contribution in [0, 0.1) is 23.7 Å². The van der Waals surface area contributed by atoms with Crippen LogP contribution in [0.15, 0.2) is 9.66 Å². The molecule has 0 spiro atoms. The van der Waals surface area contributed by atoms with E-state index in [1.165, 1.54) is 24.0 Å². The molecule has 2 heteroatoms. The molecule has 2 bridgehead atoms. The summed E-state index contributed by atoms with van der Waals surface area (Å²) in [4.78, 5) is 0. The zero-order valence-corrected chi connectivity index (χ0v) is 10.5. The van der Waals surface area contributed by atoms with Crippen molar-refractivity contribution in [1.82, 2.24) is 0 Å². The predicted octanol–water partition coefficient (Wildman–Crippen LogP) is 2.28. The number of allylic oxidation sites excluding steroid dienone is 2. The third kappa shape index (κ3) is 1.14. The van der Waals surface area contributed by atoms with Crippen LogP contribution in [-0.4, -0.2) is 31.7 Å². The highest BCUT2D eigenvalue weighted by Gasteiger charge is 2.55. The predicted molar refractivity (Wildman–Crippen MR) is 62.5 cm³/mol. The molecule has 4 atom stereocenters. The second-order valence-electron chi connectivity index (χ2n) is 5.69. The first-order chi connectivity index (χ1) is 6.07. The molecule has 0 aromatic rings. The van der Waals surface area contributed by atoms with Crippen LogP contribution in [0.1, 0.15) is 6.42 Å². The maximum absolute atomic E-state index is 2.57. The summed E-state index contributed by atoms with van der Waals surface area (Å²) in [7, 11) is 4.79. The van der Waals surface area contributed by atoms with Gasteiger partial charge in [0.1, 0.15) is 0 Å². The maximum Gasteiger partial charge on any atom is 0.0822 e. The first-order valence-electron chi connectivity index (χ1n) is 5.26. The topological polar surface area (TPSA) is 0 Å². The molecular weight excluding hydrogens is 273 g/mol. The van der Waals surface area contributed by atoms with Gasteiger partial charge in [-0.15, -0.1) is 0 Å². The number of hydrogen-bond acceptors (Lipinski definition) is 0. The Labute approximate surface area is 93.9 Å². The highest BCUT2D eigenvalue weighted by atomic mass is 127. The summed E-state index contributed by atoms with van der Waals surface area (Å²) in [5, 5.41) is 0. The lowest BCUT2D eigenvalue weighted by atomic mass is 9.86. The Bertz CT molecular complexity index is 282. The van der Waals surface area contributed by atoms with Crippen molar-refractivity contribution in [3.05, 3.63) is 9.66 Å². The Hall–Kier alpha value is 0.430. The highest BCUT2D eigenvalue weighted by Crippen LogP contribution is 2.56. The first kappa shape index (κ1) is 8.72. The van der Waals surface area contributed by atoms with Gasteiger partial charge in [0.2, 0.25) is 0 Å². The highest BCUT2D eigenvalue weighted by molar-refractivity contribution is 14.1. The largest absolute Gasteiger partial charge is 0.328 e. The molecule has 3 aliphatic rings. The van der Waals surface area contributed by atoms with Gasteiger partial charge in [0.15, 0.2) is 0 Å². The van der Waals surface area contributed by atoms with E-state index in [-0.39, 0.29) is 0 Å². The van der Waals surface area contributed by atoms with E-state index in [2.05, 4.69) is 42.8 Å². The van der Waals surface area contributed by atoms with Gasteiger partial charge in [-0.2, -0.15) is 0 Å². The standard InChI is InChI=1S/C11H17IN/c1-13(2)5-9-7-3-8(10(9)6-13)11(12)4-7/h4,7-10H,3,5-6H2,1-2H3/q+1/t7-,8-,9-,10-/m0/s1. The molecule has 0 aromatic carbocycles. The summed E-state index contributed by atoms with van der Waals surface area (Å²) < 4.78 is 2.94. The molecule has 0 unspecified atom stereocenters. The Morgan fingerprint density at radius 1 is 1.31 bits per heavy atom. The van der Waals surface area contributed by atoms with Crippen LogP contribution in [0.5, 0.6) is 0 Å². The van der Waals surface area contributed by atoms with Crippen molar-refractivity contribution in [3.8, 4) is 0 Å². The lowest BCUT2D eigenvalue weighted by Gasteiger charge is -2.25. The fourth-order valence-electron chi connectivity index (χ4n) is 3.84. The molecule has 13 heavy (non-hydrogen) atoms. The van der Waals surface area contributed by atoms with Gasteiger partial charge in [0, 0.05) is 11.8 Å². The van der Waals surface area contributed by atoms with Crippen LogP contribution in [-0.2, 0) is 0 Å². The van der Waals surface area contributed by atoms with Crippen molar-refractivity contribution < 1.29 is 4.48 Å². The fraction of sp³-hybridized carbons (Fsp3) is 0.818. The van der Waals surface area contributed by atoms with E-state index in [0.29, 0.717) is 0 Å². The van der Waals surface area contributed by atoms with Gasteiger partial charge >= 0.3 is 0 Å². The van der Waals surface area contributed by atoms with Crippen LogP contribution in [0.2, 0.25) is 0 Å². The zero-order valence-electron chi connectivity index (χ0n) is 8.33. The van der Waals surface area contributed by atoms with Crippen LogP contribution < -0.4 is 0 Å². The second kappa shape index (κ2) is 2.51. The van der Waals surface area contributed by atoms with Gasteiger partial charge in [0.25, 0.3) is 0 Å². The van der Waals surface area contributed by atoms with Crippen LogP contribution in [0.3, 0.4) is 0 Å². The molecule has 1 nitrogen and oxygen atoms in total. The normalized spacial score (nSPS) is 50.8. The number of likely N-dealkylation sites (tertiary alicyclic amines) is 1. The van der Waals surface area contributed by atoms with E-state index in [4.69, 9.17) is 0 Å². The molecule has 1 saturated carbocycles. The van der Waals surface area contributed by atoms with Crippen molar-refractivity contribution >= 4 is 22.6 Å². The minimum atomic E-state index is 0.946. The molecule has 0 radical (unpaired) electrons. The molecule has 1 saturated heterocycles. The zero-order chi connectivity index (χ0) is 9.22. The quantitative estimate of drug-likeness (QED) is 0.474.